The largest absolute Gasteiger partial charge is 0.0914 e. The van der Waals surface area contributed by atoms with Crippen LogP contribution in [0.2, 0.25) is 0 Å². The molecule has 0 fully saturated rings. The summed E-state index contributed by atoms with van der Waals surface area (Å²) in [5.41, 5.74) is 0. The van der Waals surface area contributed by atoms with Crippen LogP contribution in [0.5, 0.6) is 0 Å². The van der Waals surface area contributed by atoms with Gasteiger partial charge in [0.25, 0.3) is 0 Å². The van der Waals surface area contributed by atoms with Gasteiger partial charge < -0.3 is 0 Å². The molecule has 0 saturated heterocycles. The first kappa shape index (κ1) is 9.74. The Hall–Kier alpha value is -0.260. The molecular formula is C10H19. The van der Waals surface area contributed by atoms with Crippen LogP contribution in [0, 0.1) is 18.8 Å². The lowest BCUT2D eigenvalue weighted by atomic mass is 9.89. The van der Waals surface area contributed by atoms with E-state index in [1.165, 1.54) is 12.8 Å². The molecule has 0 amide bonds. The highest BCUT2D eigenvalue weighted by atomic mass is 14.1. The molecule has 2 unspecified atom stereocenters. The molecule has 0 aliphatic heterocycles. The SMILES string of the molecule is [CH2]C(CC)C(C=CC)CC. The van der Waals surface area contributed by atoms with Crippen molar-refractivity contribution in [3.8, 4) is 0 Å². The Morgan fingerprint density at radius 1 is 1.30 bits per heavy atom. The zero-order valence-corrected chi connectivity index (χ0v) is 7.43. The average molecular weight is 139 g/mol. The fraction of sp³-hybridized carbons (Fsp3) is 0.700. The predicted octanol–water partition coefficient (Wildman–Crippen LogP) is 3.45. The van der Waals surface area contributed by atoms with E-state index in [0.717, 1.165) is 0 Å². The van der Waals surface area contributed by atoms with E-state index < -0.39 is 0 Å². The number of allylic oxidation sites excluding steroid dienone is 2. The molecule has 0 bridgehead atoms. The summed E-state index contributed by atoms with van der Waals surface area (Å²) in [7, 11) is 0. The molecule has 1 radical (unpaired) electrons. The number of hydrogen-bond donors (Lipinski definition) is 0. The van der Waals surface area contributed by atoms with Crippen LogP contribution in [-0.2, 0) is 0 Å². The van der Waals surface area contributed by atoms with Crippen LogP contribution in [0.25, 0.3) is 0 Å². The quantitative estimate of drug-likeness (QED) is 0.523. The van der Waals surface area contributed by atoms with Crippen molar-refractivity contribution in [2.75, 3.05) is 0 Å². The van der Waals surface area contributed by atoms with E-state index in [1.807, 2.05) is 0 Å². The van der Waals surface area contributed by atoms with Crippen molar-refractivity contribution >= 4 is 0 Å². The highest BCUT2D eigenvalue weighted by Crippen LogP contribution is 2.19. The van der Waals surface area contributed by atoms with Gasteiger partial charge in [0.2, 0.25) is 0 Å². The summed E-state index contributed by atoms with van der Waals surface area (Å²) < 4.78 is 0. The summed E-state index contributed by atoms with van der Waals surface area (Å²) in [6.07, 6.45) is 6.79. The van der Waals surface area contributed by atoms with Crippen LogP contribution in [0.4, 0.5) is 0 Å². The van der Waals surface area contributed by atoms with Crippen LogP contribution in [0.15, 0.2) is 12.2 Å². The minimum absolute atomic E-state index is 0.598. The van der Waals surface area contributed by atoms with Crippen molar-refractivity contribution < 1.29 is 0 Å². The van der Waals surface area contributed by atoms with Crippen molar-refractivity contribution in [1.82, 2.24) is 0 Å². The Balaban J connectivity index is 3.79. The van der Waals surface area contributed by atoms with E-state index in [0.29, 0.717) is 11.8 Å². The molecule has 0 heteroatoms. The second-order valence-corrected chi connectivity index (χ2v) is 2.77. The second kappa shape index (κ2) is 5.52. The number of hydrogen-bond acceptors (Lipinski definition) is 0. The lowest BCUT2D eigenvalue weighted by Gasteiger charge is -2.16. The Bertz CT molecular complexity index is 92.2. The van der Waals surface area contributed by atoms with Crippen molar-refractivity contribution in [2.45, 2.75) is 33.6 Å². The summed E-state index contributed by atoms with van der Waals surface area (Å²) in [4.78, 5) is 0. The maximum atomic E-state index is 4.10. The van der Waals surface area contributed by atoms with Crippen LogP contribution < -0.4 is 0 Å². The third-order valence-electron chi connectivity index (χ3n) is 2.04. The molecule has 0 N–H and O–H groups in total. The Kier molecular flexibility index (Phi) is 5.38. The summed E-state index contributed by atoms with van der Waals surface area (Å²) in [5, 5.41) is 0. The zero-order chi connectivity index (χ0) is 7.98. The monoisotopic (exact) mass is 139 g/mol. The summed E-state index contributed by atoms with van der Waals surface area (Å²) in [6, 6.07) is 0. The molecule has 0 aromatic rings. The van der Waals surface area contributed by atoms with E-state index in [2.05, 4.69) is 39.8 Å². The van der Waals surface area contributed by atoms with Gasteiger partial charge in [-0.15, -0.1) is 0 Å². The van der Waals surface area contributed by atoms with Gasteiger partial charge in [-0.1, -0.05) is 32.4 Å². The van der Waals surface area contributed by atoms with Crippen LogP contribution in [0.3, 0.4) is 0 Å². The van der Waals surface area contributed by atoms with Gasteiger partial charge in [0.05, 0.1) is 0 Å². The second-order valence-electron chi connectivity index (χ2n) is 2.77. The lowest BCUT2D eigenvalue weighted by molar-refractivity contribution is 0.446. The molecule has 0 rings (SSSR count). The van der Waals surface area contributed by atoms with E-state index in [1.54, 1.807) is 0 Å². The van der Waals surface area contributed by atoms with E-state index in [9.17, 15) is 0 Å². The van der Waals surface area contributed by atoms with Gasteiger partial charge in [-0.05, 0) is 32.1 Å². The maximum Gasteiger partial charge on any atom is -0.0208 e. The highest BCUT2D eigenvalue weighted by molar-refractivity contribution is 4.89. The highest BCUT2D eigenvalue weighted by Gasteiger charge is 2.08. The first-order chi connectivity index (χ1) is 4.76. The van der Waals surface area contributed by atoms with Crippen molar-refractivity contribution in [3.63, 3.8) is 0 Å². The smallest absolute Gasteiger partial charge is 0.0208 e. The van der Waals surface area contributed by atoms with Gasteiger partial charge in [0.1, 0.15) is 0 Å². The molecule has 10 heavy (non-hydrogen) atoms. The van der Waals surface area contributed by atoms with Gasteiger partial charge >= 0.3 is 0 Å². The Morgan fingerprint density at radius 2 is 1.90 bits per heavy atom. The van der Waals surface area contributed by atoms with Crippen LogP contribution in [0.1, 0.15) is 33.6 Å². The van der Waals surface area contributed by atoms with Gasteiger partial charge in [-0.3, -0.25) is 0 Å². The standard InChI is InChI=1S/C10H19/c1-5-8-10(7-3)9(4)6-2/h5,8-10H,4,6-7H2,1-3H3. The topological polar surface area (TPSA) is 0 Å². The fourth-order valence-electron chi connectivity index (χ4n) is 1.18. The zero-order valence-electron chi connectivity index (χ0n) is 7.43. The number of rotatable bonds is 4. The van der Waals surface area contributed by atoms with Crippen molar-refractivity contribution in [1.29, 1.82) is 0 Å². The molecule has 59 valence electrons. The molecule has 0 aliphatic rings. The molecule has 0 nitrogen and oxygen atoms in total. The minimum Gasteiger partial charge on any atom is -0.0914 e. The van der Waals surface area contributed by atoms with Crippen molar-refractivity contribution in [3.05, 3.63) is 19.1 Å². The van der Waals surface area contributed by atoms with Gasteiger partial charge in [0, 0.05) is 0 Å². The van der Waals surface area contributed by atoms with E-state index in [4.69, 9.17) is 0 Å². The molecule has 0 spiro atoms. The molecule has 0 aromatic carbocycles. The average Bonchev–Trinajstić information content (AvgIpc) is 1.99. The minimum atomic E-state index is 0.598. The first-order valence-corrected chi connectivity index (χ1v) is 4.22. The molecule has 0 saturated carbocycles. The molecule has 2 atom stereocenters. The summed E-state index contributed by atoms with van der Waals surface area (Å²) in [5.74, 6) is 1.29. The van der Waals surface area contributed by atoms with Crippen molar-refractivity contribution in [2.24, 2.45) is 11.8 Å². The predicted molar refractivity (Wildman–Crippen MR) is 47.7 cm³/mol. The molecule has 0 aliphatic carbocycles. The van der Waals surface area contributed by atoms with Gasteiger partial charge in [-0.2, -0.15) is 0 Å². The van der Waals surface area contributed by atoms with Crippen LogP contribution >= 0.6 is 0 Å². The Labute approximate surface area is 65.3 Å². The maximum absolute atomic E-state index is 4.10. The van der Waals surface area contributed by atoms with E-state index in [-0.39, 0.29) is 0 Å². The molecular weight excluding hydrogens is 120 g/mol. The Morgan fingerprint density at radius 3 is 2.20 bits per heavy atom. The third-order valence-corrected chi connectivity index (χ3v) is 2.04. The van der Waals surface area contributed by atoms with Gasteiger partial charge in [-0.25, -0.2) is 0 Å². The first-order valence-electron chi connectivity index (χ1n) is 4.22. The molecule has 0 heterocycles. The fourth-order valence-corrected chi connectivity index (χ4v) is 1.18. The third kappa shape index (κ3) is 3.05. The summed E-state index contributed by atoms with van der Waals surface area (Å²) >= 11 is 0. The van der Waals surface area contributed by atoms with E-state index >= 15 is 0 Å². The van der Waals surface area contributed by atoms with Crippen LogP contribution in [-0.4, -0.2) is 0 Å². The van der Waals surface area contributed by atoms with Gasteiger partial charge in [0.15, 0.2) is 0 Å². The lowest BCUT2D eigenvalue weighted by Crippen LogP contribution is -2.06. The molecule has 0 aromatic heterocycles. The normalized spacial score (nSPS) is 17.6. The summed E-state index contributed by atoms with van der Waals surface area (Å²) in [6.45, 7) is 10.6.